The second-order valence-electron chi connectivity index (χ2n) is 4.74. The molecule has 2 aromatic heterocycles. The second kappa shape index (κ2) is 7.74. The molecule has 0 unspecified atom stereocenters. The third kappa shape index (κ3) is 4.42. The van der Waals surface area contributed by atoms with E-state index >= 15 is 0 Å². The Morgan fingerprint density at radius 2 is 2.05 bits per heavy atom. The Kier molecular flexibility index (Phi) is 5.71. The van der Waals surface area contributed by atoms with Crippen LogP contribution in [-0.4, -0.2) is 30.1 Å². The summed E-state index contributed by atoms with van der Waals surface area (Å²) < 4.78 is 5.04. The van der Waals surface area contributed by atoms with Crippen LogP contribution in [-0.2, 0) is 13.1 Å². The molecule has 0 saturated carbocycles. The number of ether oxygens (including phenoxy) is 1. The Morgan fingerprint density at radius 3 is 2.59 bits per heavy atom. The summed E-state index contributed by atoms with van der Waals surface area (Å²) in [7, 11) is 3.36. The number of thiazole rings is 1. The van der Waals surface area contributed by atoms with Gasteiger partial charge in [0.2, 0.25) is 5.88 Å². The molecule has 0 bridgehead atoms. The van der Waals surface area contributed by atoms with E-state index in [1.54, 1.807) is 31.7 Å². The van der Waals surface area contributed by atoms with Crippen molar-refractivity contribution in [2.24, 2.45) is 4.99 Å². The molecule has 6 nitrogen and oxygen atoms in total. The van der Waals surface area contributed by atoms with Gasteiger partial charge in [-0.15, -0.1) is 11.3 Å². The van der Waals surface area contributed by atoms with Crippen molar-refractivity contribution in [2.45, 2.75) is 26.9 Å². The maximum absolute atomic E-state index is 5.04. The van der Waals surface area contributed by atoms with Crippen LogP contribution in [0.3, 0.4) is 0 Å². The lowest BCUT2D eigenvalue weighted by Crippen LogP contribution is -2.36. The number of pyridine rings is 1. The van der Waals surface area contributed by atoms with Gasteiger partial charge in [0, 0.05) is 30.7 Å². The van der Waals surface area contributed by atoms with E-state index in [2.05, 4.69) is 32.5 Å². The number of hydrogen-bond donors (Lipinski definition) is 2. The summed E-state index contributed by atoms with van der Waals surface area (Å²) in [5.74, 6) is 1.35. The highest BCUT2D eigenvalue weighted by atomic mass is 32.1. The Balaban J connectivity index is 1.84. The molecule has 2 rings (SSSR count). The number of nitrogens with one attached hydrogen (secondary N) is 2. The first-order valence-corrected chi connectivity index (χ1v) is 7.80. The fourth-order valence-corrected chi connectivity index (χ4v) is 2.69. The van der Waals surface area contributed by atoms with Crippen LogP contribution < -0.4 is 15.4 Å². The molecule has 0 aliphatic carbocycles. The molecule has 0 fully saturated rings. The number of aliphatic imine (C=N–C) groups is 1. The van der Waals surface area contributed by atoms with E-state index in [1.807, 2.05) is 19.1 Å². The molecule has 0 amide bonds. The normalized spacial score (nSPS) is 11.4. The Labute approximate surface area is 134 Å². The van der Waals surface area contributed by atoms with Crippen LogP contribution >= 0.6 is 11.3 Å². The number of aromatic nitrogens is 2. The third-order valence-electron chi connectivity index (χ3n) is 3.17. The van der Waals surface area contributed by atoms with Gasteiger partial charge >= 0.3 is 0 Å². The average molecular weight is 319 g/mol. The van der Waals surface area contributed by atoms with E-state index in [0.717, 1.165) is 22.2 Å². The van der Waals surface area contributed by atoms with Gasteiger partial charge in [-0.25, -0.2) is 9.97 Å². The van der Waals surface area contributed by atoms with Crippen molar-refractivity contribution < 1.29 is 4.74 Å². The summed E-state index contributed by atoms with van der Waals surface area (Å²) in [6, 6.07) is 3.81. The van der Waals surface area contributed by atoms with Crippen LogP contribution in [0.25, 0.3) is 0 Å². The smallest absolute Gasteiger partial charge is 0.212 e. The molecule has 118 valence electrons. The van der Waals surface area contributed by atoms with Gasteiger partial charge in [-0.1, -0.05) is 6.07 Å². The van der Waals surface area contributed by atoms with Crippen molar-refractivity contribution in [3.8, 4) is 5.88 Å². The lowest BCUT2D eigenvalue weighted by molar-refractivity contribution is 0.397. The van der Waals surface area contributed by atoms with Crippen molar-refractivity contribution in [3.05, 3.63) is 39.5 Å². The van der Waals surface area contributed by atoms with Gasteiger partial charge < -0.3 is 15.4 Å². The van der Waals surface area contributed by atoms with Crippen molar-refractivity contribution in [1.82, 2.24) is 20.6 Å². The maximum Gasteiger partial charge on any atom is 0.212 e. The third-order valence-corrected chi connectivity index (χ3v) is 4.24. The molecular weight excluding hydrogens is 298 g/mol. The predicted octanol–water partition coefficient (Wildman–Crippen LogP) is 2.03. The van der Waals surface area contributed by atoms with E-state index in [9.17, 15) is 0 Å². The molecule has 0 aliphatic heterocycles. The Morgan fingerprint density at radius 1 is 1.27 bits per heavy atom. The molecule has 0 aliphatic rings. The molecule has 22 heavy (non-hydrogen) atoms. The van der Waals surface area contributed by atoms with Gasteiger partial charge in [0.15, 0.2) is 5.96 Å². The summed E-state index contributed by atoms with van der Waals surface area (Å²) in [5.41, 5.74) is 2.15. The predicted molar refractivity (Wildman–Crippen MR) is 89.4 cm³/mol. The molecule has 2 N–H and O–H groups in total. The first kappa shape index (κ1) is 16.2. The fraction of sp³-hybridized carbons (Fsp3) is 0.400. The van der Waals surface area contributed by atoms with Gasteiger partial charge in [0.1, 0.15) is 5.01 Å². The highest BCUT2D eigenvalue weighted by Crippen LogP contribution is 2.15. The molecule has 0 atom stereocenters. The SMILES string of the molecule is CN=C(NCc1ccc(OC)nc1)NCc1nc(C)c(C)s1. The van der Waals surface area contributed by atoms with Crippen LogP contribution in [0.1, 0.15) is 21.1 Å². The topological polar surface area (TPSA) is 71.4 Å². The van der Waals surface area contributed by atoms with Crippen LogP contribution in [0.2, 0.25) is 0 Å². The minimum atomic E-state index is 0.612. The quantitative estimate of drug-likeness (QED) is 0.652. The zero-order valence-electron chi connectivity index (χ0n) is 13.3. The molecule has 2 heterocycles. The summed E-state index contributed by atoms with van der Waals surface area (Å²) in [6.07, 6.45) is 1.78. The van der Waals surface area contributed by atoms with Crippen LogP contribution in [0, 0.1) is 13.8 Å². The monoisotopic (exact) mass is 319 g/mol. The van der Waals surface area contributed by atoms with Gasteiger partial charge in [0.05, 0.1) is 19.3 Å². The highest BCUT2D eigenvalue weighted by Gasteiger charge is 2.05. The number of guanidine groups is 1. The standard InChI is InChI=1S/C15H21N5OS/c1-10-11(2)22-14(20-10)9-19-15(16-3)18-8-12-5-6-13(21-4)17-7-12/h5-7H,8-9H2,1-4H3,(H2,16,18,19). The summed E-state index contributed by atoms with van der Waals surface area (Å²) in [4.78, 5) is 14.1. The fourth-order valence-electron chi connectivity index (χ4n) is 1.82. The van der Waals surface area contributed by atoms with Gasteiger partial charge in [-0.2, -0.15) is 0 Å². The van der Waals surface area contributed by atoms with Crippen molar-refractivity contribution >= 4 is 17.3 Å². The molecule has 0 spiro atoms. The Hall–Kier alpha value is -2.15. The van der Waals surface area contributed by atoms with Crippen LogP contribution in [0.15, 0.2) is 23.3 Å². The second-order valence-corrected chi connectivity index (χ2v) is 6.03. The number of hydrogen-bond acceptors (Lipinski definition) is 5. The van der Waals surface area contributed by atoms with Gasteiger partial charge in [0.25, 0.3) is 0 Å². The van der Waals surface area contributed by atoms with Crippen LogP contribution in [0.4, 0.5) is 0 Å². The molecular formula is C15H21N5OS. The minimum Gasteiger partial charge on any atom is -0.481 e. The lowest BCUT2D eigenvalue weighted by Gasteiger charge is -2.11. The van der Waals surface area contributed by atoms with Crippen molar-refractivity contribution in [3.63, 3.8) is 0 Å². The molecule has 2 aromatic rings. The van der Waals surface area contributed by atoms with Gasteiger partial charge in [-0.05, 0) is 19.4 Å². The van der Waals surface area contributed by atoms with Gasteiger partial charge in [-0.3, -0.25) is 4.99 Å². The zero-order valence-corrected chi connectivity index (χ0v) is 14.1. The van der Waals surface area contributed by atoms with E-state index in [0.29, 0.717) is 19.0 Å². The first-order chi connectivity index (χ1) is 10.6. The largest absolute Gasteiger partial charge is 0.481 e. The number of nitrogens with zero attached hydrogens (tertiary/aromatic N) is 3. The molecule has 0 saturated heterocycles. The van der Waals surface area contributed by atoms with Crippen LogP contribution in [0.5, 0.6) is 5.88 Å². The summed E-state index contributed by atoms with van der Waals surface area (Å²) >= 11 is 1.71. The van der Waals surface area contributed by atoms with E-state index in [1.165, 1.54) is 4.88 Å². The number of methoxy groups -OCH3 is 1. The molecule has 7 heteroatoms. The minimum absolute atomic E-state index is 0.612. The van der Waals surface area contributed by atoms with E-state index in [-0.39, 0.29) is 0 Å². The average Bonchev–Trinajstić information content (AvgIpc) is 2.86. The summed E-state index contributed by atoms with van der Waals surface area (Å²) in [5, 5.41) is 7.57. The number of rotatable bonds is 5. The van der Waals surface area contributed by atoms with Crippen molar-refractivity contribution in [2.75, 3.05) is 14.2 Å². The summed E-state index contributed by atoms with van der Waals surface area (Å²) in [6.45, 7) is 5.42. The van der Waals surface area contributed by atoms with Crippen molar-refractivity contribution in [1.29, 1.82) is 0 Å². The first-order valence-electron chi connectivity index (χ1n) is 6.98. The van der Waals surface area contributed by atoms with E-state index in [4.69, 9.17) is 4.74 Å². The molecule has 0 aromatic carbocycles. The Bertz CT molecular complexity index is 616. The lowest BCUT2D eigenvalue weighted by atomic mass is 10.3. The maximum atomic E-state index is 5.04. The highest BCUT2D eigenvalue weighted by molar-refractivity contribution is 7.11. The number of aryl methyl sites for hydroxylation is 2. The zero-order chi connectivity index (χ0) is 15.9. The molecule has 0 radical (unpaired) electrons. The van der Waals surface area contributed by atoms with E-state index < -0.39 is 0 Å².